The van der Waals surface area contributed by atoms with Crippen molar-refractivity contribution in [1.82, 2.24) is 0 Å². The lowest BCUT2D eigenvalue weighted by atomic mass is 10.0. The normalized spacial score (nSPS) is 11.1. The van der Waals surface area contributed by atoms with Gasteiger partial charge in [0.1, 0.15) is 11.6 Å². The van der Waals surface area contributed by atoms with Crippen molar-refractivity contribution in [3.8, 4) is 6.07 Å². The van der Waals surface area contributed by atoms with Crippen LogP contribution in [-0.4, -0.2) is 19.0 Å². The Morgan fingerprint density at radius 3 is 2.36 bits per heavy atom. The summed E-state index contributed by atoms with van der Waals surface area (Å²) in [6.07, 6.45) is 1.64. The Labute approximate surface area is 165 Å². The maximum absolute atomic E-state index is 12.6. The minimum Gasteiger partial charge on any atom is -0.372 e. The first-order valence-electron chi connectivity index (χ1n) is 9.42. The molecule has 140 valence electrons. The Balaban J connectivity index is 1.82. The molecule has 4 heteroatoms. The second kappa shape index (κ2) is 8.88. The van der Waals surface area contributed by atoms with Gasteiger partial charge >= 0.3 is 0 Å². The molecule has 4 nitrogen and oxygen atoms in total. The van der Waals surface area contributed by atoms with Crippen molar-refractivity contribution in [3.05, 3.63) is 77.9 Å². The van der Waals surface area contributed by atoms with Crippen LogP contribution >= 0.6 is 0 Å². The summed E-state index contributed by atoms with van der Waals surface area (Å²) in [5.74, 6) is -0.411. The summed E-state index contributed by atoms with van der Waals surface area (Å²) in [5, 5.41) is 14.4. The summed E-state index contributed by atoms with van der Waals surface area (Å²) in [4.78, 5) is 14.8. The molecule has 0 aliphatic carbocycles. The van der Waals surface area contributed by atoms with Crippen molar-refractivity contribution in [2.24, 2.45) is 0 Å². The van der Waals surface area contributed by atoms with E-state index in [0.29, 0.717) is 5.69 Å². The van der Waals surface area contributed by atoms with Gasteiger partial charge in [-0.1, -0.05) is 42.5 Å². The smallest absolute Gasteiger partial charge is 0.266 e. The Bertz CT molecular complexity index is 1040. The minimum absolute atomic E-state index is 0.0733. The van der Waals surface area contributed by atoms with Gasteiger partial charge in [0.15, 0.2) is 0 Å². The number of carbonyl (C=O) groups excluding carboxylic acids is 1. The van der Waals surface area contributed by atoms with Gasteiger partial charge < -0.3 is 10.2 Å². The number of amides is 1. The van der Waals surface area contributed by atoms with E-state index >= 15 is 0 Å². The first-order valence-corrected chi connectivity index (χ1v) is 9.42. The number of benzene rings is 3. The van der Waals surface area contributed by atoms with Crippen LogP contribution in [0.4, 0.5) is 11.4 Å². The van der Waals surface area contributed by atoms with E-state index in [-0.39, 0.29) is 5.57 Å². The van der Waals surface area contributed by atoms with Crippen LogP contribution in [0.3, 0.4) is 0 Å². The van der Waals surface area contributed by atoms with Crippen LogP contribution in [0.2, 0.25) is 0 Å². The highest BCUT2D eigenvalue weighted by atomic mass is 16.1. The molecule has 0 aliphatic heterocycles. The Kier molecular flexibility index (Phi) is 6.08. The Morgan fingerprint density at radius 1 is 1.00 bits per heavy atom. The van der Waals surface area contributed by atoms with E-state index in [2.05, 4.69) is 24.1 Å². The molecule has 3 aromatic carbocycles. The fraction of sp³-hybridized carbons (Fsp3) is 0.167. The molecule has 0 unspecified atom stereocenters. The second-order valence-corrected chi connectivity index (χ2v) is 6.41. The maximum Gasteiger partial charge on any atom is 0.266 e. The number of nitrogens with zero attached hydrogens (tertiary/aromatic N) is 2. The minimum atomic E-state index is -0.411. The third-order valence-electron chi connectivity index (χ3n) is 4.74. The summed E-state index contributed by atoms with van der Waals surface area (Å²) >= 11 is 0. The molecule has 28 heavy (non-hydrogen) atoms. The number of hydrogen-bond acceptors (Lipinski definition) is 3. The third kappa shape index (κ3) is 4.21. The van der Waals surface area contributed by atoms with E-state index in [0.717, 1.165) is 35.1 Å². The maximum atomic E-state index is 12.6. The largest absolute Gasteiger partial charge is 0.372 e. The summed E-state index contributed by atoms with van der Waals surface area (Å²) in [6, 6.07) is 23.4. The molecular formula is C24H23N3O. The topological polar surface area (TPSA) is 56.1 Å². The lowest BCUT2D eigenvalue weighted by Gasteiger charge is -2.21. The number of nitrogens with one attached hydrogen (secondary N) is 1. The van der Waals surface area contributed by atoms with Gasteiger partial charge in [-0.05, 0) is 60.5 Å². The molecule has 0 saturated carbocycles. The molecule has 0 radical (unpaired) electrons. The highest BCUT2D eigenvalue weighted by Gasteiger charge is 2.11. The lowest BCUT2D eigenvalue weighted by Crippen LogP contribution is -2.21. The SMILES string of the molecule is CCN(CC)c1ccc(NC(=O)/C(C#N)=C\c2cccc3ccccc23)cc1. The van der Waals surface area contributed by atoms with E-state index in [9.17, 15) is 10.1 Å². The summed E-state index contributed by atoms with van der Waals surface area (Å²) < 4.78 is 0. The Morgan fingerprint density at radius 2 is 1.68 bits per heavy atom. The molecule has 1 amide bonds. The second-order valence-electron chi connectivity index (χ2n) is 6.41. The fourth-order valence-corrected chi connectivity index (χ4v) is 3.22. The standard InChI is InChI=1S/C24H23N3O/c1-3-27(4-2)22-14-12-21(13-15-22)26-24(28)20(17-25)16-19-10-7-9-18-8-5-6-11-23(18)19/h5-16H,3-4H2,1-2H3,(H,26,28)/b20-16-. The predicted molar refractivity (Wildman–Crippen MR) is 116 cm³/mol. The molecule has 3 rings (SSSR count). The van der Waals surface area contributed by atoms with Crippen LogP contribution in [-0.2, 0) is 4.79 Å². The predicted octanol–water partition coefficient (Wildman–Crippen LogP) is 5.23. The molecule has 0 aliphatic rings. The van der Waals surface area contributed by atoms with E-state index in [1.54, 1.807) is 6.08 Å². The zero-order valence-corrected chi connectivity index (χ0v) is 16.1. The highest BCUT2D eigenvalue weighted by Crippen LogP contribution is 2.22. The lowest BCUT2D eigenvalue weighted by molar-refractivity contribution is -0.112. The molecule has 0 aromatic heterocycles. The fourth-order valence-electron chi connectivity index (χ4n) is 3.22. The summed E-state index contributed by atoms with van der Waals surface area (Å²) in [7, 11) is 0. The summed E-state index contributed by atoms with van der Waals surface area (Å²) in [5.41, 5.74) is 2.70. The average molecular weight is 369 g/mol. The van der Waals surface area contributed by atoms with Crippen molar-refractivity contribution >= 4 is 34.1 Å². The summed E-state index contributed by atoms with van der Waals surface area (Å²) in [6.45, 7) is 6.07. The Hall–Kier alpha value is -3.58. The monoisotopic (exact) mass is 369 g/mol. The molecule has 0 bridgehead atoms. The van der Waals surface area contributed by atoms with Crippen molar-refractivity contribution in [2.45, 2.75) is 13.8 Å². The molecule has 0 fully saturated rings. The van der Waals surface area contributed by atoms with Crippen LogP contribution in [0, 0.1) is 11.3 Å². The molecule has 0 spiro atoms. The van der Waals surface area contributed by atoms with Crippen LogP contribution in [0.5, 0.6) is 0 Å². The number of nitriles is 1. The third-order valence-corrected chi connectivity index (χ3v) is 4.74. The van der Waals surface area contributed by atoms with Gasteiger partial charge in [0, 0.05) is 24.5 Å². The van der Waals surface area contributed by atoms with Crippen molar-refractivity contribution in [1.29, 1.82) is 5.26 Å². The first kappa shape index (κ1) is 19.2. The van der Waals surface area contributed by atoms with Gasteiger partial charge in [0.25, 0.3) is 5.91 Å². The number of hydrogen-bond donors (Lipinski definition) is 1. The van der Waals surface area contributed by atoms with Crippen molar-refractivity contribution in [2.75, 3.05) is 23.3 Å². The molecule has 0 atom stereocenters. The van der Waals surface area contributed by atoms with Gasteiger partial charge in [-0.3, -0.25) is 4.79 Å². The van der Waals surface area contributed by atoms with Gasteiger partial charge in [0.05, 0.1) is 0 Å². The molecule has 3 aromatic rings. The number of rotatable bonds is 6. The quantitative estimate of drug-likeness (QED) is 0.478. The van der Waals surface area contributed by atoms with Gasteiger partial charge in [-0.25, -0.2) is 0 Å². The van der Waals surface area contributed by atoms with E-state index < -0.39 is 5.91 Å². The van der Waals surface area contributed by atoms with E-state index in [4.69, 9.17) is 0 Å². The van der Waals surface area contributed by atoms with Crippen LogP contribution in [0.1, 0.15) is 19.4 Å². The van der Waals surface area contributed by atoms with E-state index in [1.165, 1.54) is 0 Å². The van der Waals surface area contributed by atoms with E-state index in [1.807, 2.05) is 72.8 Å². The number of fused-ring (bicyclic) bond motifs is 1. The first-order chi connectivity index (χ1) is 13.7. The van der Waals surface area contributed by atoms with Crippen LogP contribution in [0.25, 0.3) is 16.8 Å². The number of anilines is 2. The van der Waals surface area contributed by atoms with Crippen LogP contribution in [0.15, 0.2) is 72.3 Å². The highest BCUT2D eigenvalue weighted by molar-refractivity contribution is 6.10. The average Bonchev–Trinajstić information content (AvgIpc) is 2.74. The molecule has 1 N–H and O–H groups in total. The van der Waals surface area contributed by atoms with Gasteiger partial charge in [0.2, 0.25) is 0 Å². The molecule has 0 saturated heterocycles. The number of carbonyl (C=O) groups is 1. The van der Waals surface area contributed by atoms with Gasteiger partial charge in [-0.15, -0.1) is 0 Å². The zero-order chi connectivity index (χ0) is 19.9. The van der Waals surface area contributed by atoms with Crippen LogP contribution < -0.4 is 10.2 Å². The molecule has 0 heterocycles. The van der Waals surface area contributed by atoms with Gasteiger partial charge in [-0.2, -0.15) is 5.26 Å². The molecular weight excluding hydrogens is 346 g/mol. The van der Waals surface area contributed by atoms with Crippen molar-refractivity contribution in [3.63, 3.8) is 0 Å². The van der Waals surface area contributed by atoms with Crippen molar-refractivity contribution < 1.29 is 4.79 Å². The zero-order valence-electron chi connectivity index (χ0n) is 16.1.